The third kappa shape index (κ3) is 2.58. The topological polar surface area (TPSA) is 91.9 Å². The van der Waals surface area contributed by atoms with Gasteiger partial charge in [0.15, 0.2) is 10.8 Å². The van der Waals surface area contributed by atoms with Crippen LogP contribution in [0.25, 0.3) is 0 Å². The number of rotatable bonds is 4. The molecule has 0 saturated carbocycles. The van der Waals surface area contributed by atoms with Crippen LogP contribution in [-0.2, 0) is 24.3 Å². The Bertz CT molecular complexity index is 621. The molecule has 3 N–H and O–H groups in total. The van der Waals surface area contributed by atoms with E-state index in [1.807, 2.05) is 5.38 Å². The summed E-state index contributed by atoms with van der Waals surface area (Å²) in [4.78, 5) is 16.5. The standard InChI is InChI=1S/C12H15N5O2S/c1-19-5-7-6-20-12(14-7)15-11(18)10-8-4-13-3-2-9(8)16-17-10/h6,13H,2-5H2,1H3,(H,16,17)(H,14,15,18). The number of ether oxygens (including phenoxy) is 1. The molecule has 1 aliphatic rings. The number of carbonyl (C=O) groups is 1. The van der Waals surface area contributed by atoms with Crippen LogP contribution in [0.4, 0.5) is 5.13 Å². The number of aromatic amines is 1. The van der Waals surface area contributed by atoms with E-state index in [1.165, 1.54) is 11.3 Å². The fraction of sp³-hybridized carbons (Fsp3) is 0.417. The molecule has 3 heterocycles. The molecule has 0 radical (unpaired) electrons. The number of thiazole rings is 1. The van der Waals surface area contributed by atoms with Crippen molar-refractivity contribution in [3.63, 3.8) is 0 Å². The molecule has 0 unspecified atom stereocenters. The van der Waals surface area contributed by atoms with Crippen LogP contribution in [0.2, 0.25) is 0 Å². The zero-order chi connectivity index (χ0) is 13.9. The number of carbonyl (C=O) groups excluding carboxylic acids is 1. The SMILES string of the molecule is COCc1csc(NC(=O)c2n[nH]c3c2CNCC3)n1. The number of methoxy groups -OCH3 is 1. The van der Waals surface area contributed by atoms with Gasteiger partial charge in [-0.3, -0.25) is 15.2 Å². The van der Waals surface area contributed by atoms with E-state index in [9.17, 15) is 4.79 Å². The number of anilines is 1. The molecular weight excluding hydrogens is 278 g/mol. The van der Waals surface area contributed by atoms with Crippen molar-refractivity contribution >= 4 is 22.4 Å². The lowest BCUT2D eigenvalue weighted by Crippen LogP contribution is -2.25. The maximum Gasteiger partial charge on any atom is 0.278 e. The van der Waals surface area contributed by atoms with Crippen molar-refractivity contribution in [2.24, 2.45) is 0 Å². The quantitative estimate of drug-likeness (QED) is 0.779. The molecule has 2 aromatic heterocycles. The summed E-state index contributed by atoms with van der Waals surface area (Å²) in [5.41, 5.74) is 3.23. The molecule has 0 aliphatic carbocycles. The molecule has 20 heavy (non-hydrogen) atoms. The van der Waals surface area contributed by atoms with Gasteiger partial charge < -0.3 is 10.1 Å². The molecule has 3 rings (SSSR count). The van der Waals surface area contributed by atoms with E-state index in [-0.39, 0.29) is 5.91 Å². The minimum Gasteiger partial charge on any atom is -0.378 e. The second-order valence-corrected chi connectivity index (χ2v) is 5.35. The van der Waals surface area contributed by atoms with Crippen LogP contribution in [0.1, 0.15) is 27.4 Å². The minimum atomic E-state index is -0.232. The first-order valence-electron chi connectivity index (χ1n) is 6.29. The number of hydrogen-bond acceptors (Lipinski definition) is 6. The van der Waals surface area contributed by atoms with Gasteiger partial charge in [-0.05, 0) is 0 Å². The second kappa shape index (κ2) is 5.70. The lowest BCUT2D eigenvalue weighted by Gasteiger charge is -2.12. The molecule has 0 aromatic carbocycles. The van der Waals surface area contributed by atoms with Crippen LogP contribution in [0, 0.1) is 0 Å². The zero-order valence-electron chi connectivity index (χ0n) is 11.0. The first-order chi connectivity index (χ1) is 9.78. The number of hydrogen-bond donors (Lipinski definition) is 3. The maximum absolute atomic E-state index is 12.2. The Morgan fingerprint density at radius 3 is 3.35 bits per heavy atom. The second-order valence-electron chi connectivity index (χ2n) is 4.49. The molecule has 8 heteroatoms. The van der Waals surface area contributed by atoms with E-state index >= 15 is 0 Å². The molecule has 0 spiro atoms. The molecule has 1 aliphatic heterocycles. The van der Waals surface area contributed by atoms with E-state index in [0.717, 1.165) is 29.9 Å². The van der Waals surface area contributed by atoms with E-state index in [2.05, 4.69) is 25.8 Å². The highest BCUT2D eigenvalue weighted by atomic mass is 32.1. The summed E-state index contributed by atoms with van der Waals surface area (Å²) in [5, 5.41) is 15.5. The summed E-state index contributed by atoms with van der Waals surface area (Å²) in [6.45, 7) is 2.01. The van der Waals surface area contributed by atoms with E-state index in [4.69, 9.17) is 4.74 Å². The third-order valence-electron chi connectivity index (χ3n) is 3.09. The summed E-state index contributed by atoms with van der Waals surface area (Å²) in [7, 11) is 1.61. The van der Waals surface area contributed by atoms with Gasteiger partial charge in [0.05, 0.1) is 12.3 Å². The van der Waals surface area contributed by atoms with Crippen molar-refractivity contribution in [1.82, 2.24) is 20.5 Å². The number of aromatic nitrogens is 3. The lowest BCUT2D eigenvalue weighted by atomic mass is 10.1. The maximum atomic E-state index is 12.2. The molecule has 0 bridgehead atoms. The molecule has 0 atom stereocenters. The zero-order valence-corrected chi connectivity index (χ0v) is 11.8. The van der Waals surface area contributed by atoms with Gasteiger partial charge in [-0.1, -0.05) is 0 Å². The number of H-pyrrole nitrogens is 1. The largest absolute Gasteiger partial charge is 0.378 e. The molecule has 106 valence electrons. The fourth-order valence-electron chi connectivity index (χ4n) is 2.15. The Morgan fingerprint density at radius 1 is 1.60 bits per heavy atom. The molecule has 7 nitrogen and oxygen atoms in total. The highest BCUT2D eigenvalue weighted by Gasteiger charge is 2.22. The van der Waals surface area contributed by atoms with Gasteiger partial charge >= 0.3 is 0 Å². The predicted molar refractivity (Wildman–Crippen MR) is 74.8 cm³/mol. The third-order valence-corrected chi connectivity index (χ3v) is 3.89. The number of fused-ring (bicyclic) bond motifs is 1. The van der Waals surface area contributed by atoms with Gasteiger partial charge in [0.1, 0.15) is 0 Å². The average molecular weight is 293 g/mol. The van der Waals surface area contributed by atoms with E-state index in [1.54, 1.807) is 7.11 Å². The molecule has 2 aromatic rings. The van der Waals surface area contributed by atoms with Crippen molar-refractivity contribution in [2.75, 3.05) is 19.0 Å². The number of amides is 1. The van der Waals surface area contributed by atoms with Gasteiger partial charge in [0.25, 0.3) is 5.91 Å². The summed E-state index contributed by atoms with van der Waals surface area (Å²) >= 11 is 1.38. The summed E-state index contributed by atoms with van der Waals surface area (Å²) in [6, 6.07) is 0. The van der Waals surface area contributed by atoms with Crippen LogP contribution in [0.3, 0.4) is 0 Å². The predicted octanol–water partition coefficient (Wildman–Crippen LogP) is 0.911. The van der Waals surface area contributed by atoms with Crippen molar-refractivity contribution in [2.45, 2.75) is 19.6 Å². The summed E-state index contributed by atoms with van der Waals surface area (Å²) in [5.74, 6) is -0.232. The van der Waals surface area contributed by atoms with Crippen LogP contribution >= 0.6 is 11.3 Å². The highest BCUT2D eigenvalue weighted by Crippen LogP contribution is 2.19. The van der Waals surface area contributed by atoms with Crippen molar-refractivity contribution in [3.05, 3.63) is 28.0 Å². The van der Waals surface area contributed by atoms with Gasteiger partial charge in [-0.25, -0.2) is 4.98 Å². The monoisotopic (exact) mass is 293 g/mol. The summed E-state index contributed by atoms with van der Waals surface area (Å²) in [6.07, 6.45) is 0.866. The van der Waals surface area contributed by atoms with Gasteiger partial charge in [0.2, 0.25) is 0 Å². The Kier molecular flexibility index (Phi) is 3.77. The van der Waals surface area contributed by atoms with Crippen molar-refractivity contribution in [1.29, 1.82) is 0 Å². The highest BCUT2D eigenvalue weighted by molar-refractivity contribution is 7.13. The number of nitrogens with zero attached hydrogens (tertiary/aromatic N) is 2. The van der Waals surface area contributed by atoms with Gasteiger partial charge in [-0.2, -0.15) is 5.10 Å². The van der Waals surface area contributed by atoms with Crippen molar-refractivity contribution < 1.29 is 9.53 Å². The van der Waals surface area contributed by atoms with Crippen LogP contribution in [-0.4, -0.2) is 34.7 Å². The van der Waals surface area contributed by atoms with Gasteiger partial charge in [0, 0.05) is 43.3 Å². The number of nitrogens with one attached hydrogen (secondary N) is 3. The smallest absolute Gasteiger partial charge is 0.278 e. The minimum absolute atomic E-state index is 0.232. The van der Waals surface area contributed by atoms with Gasteiger partial charge in [-0.15, -0.1) is 11.3 Å². The molecule has 0 saturated heterocycles. The van der Waals surface area contributed by atoms with E-state index in [0.29, 0.717) is 24.0 Å². The fourth-order valence-corrected chi connectivity index (χ4v) is 2.84. The molecule has 1 amide bonds. The van der Waals surface area contributed by atoms with E-state index < -0.39 is 0 Å². The van der Waals surface area contributed by atoms with Crippen molar-refractivity contribution in [3.8, 4) is 0 Å². The Balaban J connectivity index is 1.74. The summed E-state index contributed by atoms with van der Waals surface area (Å²) < 4.78 is 5.00. The average Bonchev–Trinajstić information content (AvgIpc) is 3.06. The Morgan fingerprint density at radius 2 is 2.50 bits per heavy atom. The molecular formula is C12H15N5O2S. The van der Waals surface area contributed by atoms with Crippen LogP contribution < -0.4 is 10.6 Å². The lowest BCUT2D eigenvalue weighted by molar-refractivity contribution is 0.102. The first kappa shape index (κ1) is 13.2. The van der Waals surface area contributed by atoms with Crippen LogP contribution in [0.15, 0.2) is 5.38 Å². The normalized spacial score (nSPS) is 14.1. The Hall–Kier alpha value is -1.77. The first-order valence-corrected chi connectivity index (χ1v) is 7.17. The Labute approximate surface area is 119 Å². The molecule has 0 fully saturated rings. The van der Waals surface area contributed by atoms with Crippen LogP contribution in [0.5, 0.6) is 0 Å².